The first kappa shape index (κ1) is 26.4. The number of hydrogen-bond donors (Lipinski definition) is 3. The quantitative estimate of drug-likeness (QED) is 0.162. The van der Waals surface area contributed by atoms with E-state index in [1.165, 1.54) is 12.1 Å². The molecular formula is C20H31IN4O4S. The zero-order chi connectivity index (χ0) is 21.0. The zero-order valence-corrected chi connectivity index (χ0v) is 20.3. The maximum Gasteiger partial charge on any atom is 0.238 e. The Morgan fingerprint density at radius 2 is 1.87 bits per heavy atom. The highest BCUT2D eigenvalue weighted by atomic mass is 127. The summed E-state index contributed by atoms with van der Waals surface area (Å²) in [6.45, 7) is 5.36. The SMILES string of the molecule is CCOCCCCNC(=NCc1ccc(S(N)(=O)=O)cc1)NCCc1ccco1.I. The van der Waals surface area contributed by atoms with Gasteiger partial charge in [-0.1, -0.05) is 12.1 Å². The van der Waals surface area contributed by atoms with Gasteiger partial charge in [-0.25, -0.2) is 18.5 Å². The first-order chi connectivity index (χ1) is 14.0. The largest absolute Gasteiger partial charge is 0.469 e. The summed E-state index contributed by atoms with van der Waals surface area (Å²) in [6, 6.07) is 10.2. The number of sulfonamides is 1. The molecule has 0 spiro atoms. The smallest absolute Gasteiger partial charge is 0.238 e. The number of halogens is 1. The number of unbranched alkanes of at least 4 members (excludes halogenated alkanes) is 1. The monoisotopic (exact) mass is 550 g/mol. The third-order valence-electron chi connectivity index (χ3n) is 4.13. The van der Waals surface area contributed by atoms with E-state index < -0.39 is 10.0 Å². The summed E-state index contributed by atoms with van der Waals surface area (Å²) in [7, 11) is -3.69. The number of aliphatic imine (C=N–C) groups is 1. The van der Waals surface area contributed by atoms with Crippen molar-refractivity contribution >= 4 is 40.0 Å². The molecule has 10 heteroatoms. The van der Waals surface area contributed by atoms with Crippen LogP contribution in [0.15, 0.2) is 57.0 Å². The van der Waals surface area contributed by atoms with Gasteiger partial charge in [0.05, 0.1) is 17.7 Å². The Kier molecular flexibility index (Phi) is 12.7. The van der Waals surface area contributed by atoms with Crippen LogP contribution >= 0.6 is 24.0 Å². The molecule has 0 amide bonds. The van der Waals surface area contributed by atoms with Crippen LogP contribution in [-0.2, 0) is 27.7 Å². The van der Waals surface area contributed by atoms with Crippen molar-refractivity contribution in [3.8, 4) is 0 Å². The first-order valence-electron chi connectivity index (χ1n) is 9.73. The van der Waals surface area contributed by atoms with Crippen LogP contribution in [0.2, 0.25) is 0 Å². The van der Waals surface area contributed by atoms with Gasteiger partial charge in [0, 0.05) is 32.7 Å². The Balaban J connectivity index is 0.00000450. The Morgan fingerprint density at radius 3 is 2.50 bits per heavy atom. The van der Waals surface area contributed by atoms with Crippen molar-refractivity contribution in [2.75, 3.05) is 26.3 Å². The normalized spacial score (nSPS) is 11.7. The van der Waals surface area contributed by atoms with Crippen molar-refractivity contribution in [3.05, 3.63) is 54.0 Å². The minimum Gasteiger partial charge on any atom is -0.469 e. The van der Waals surface area contributed by atoms with Crippen molar-refractivity contribution in [2.45, 2.75) is 37.6 Å². The number of nitrogens with two attached hydrogens (primary N) is 1. The molecule has 0 aliphatic heterocycles. The van der Waals surface area contributed by atoms with E-state index in [2.05, 4.69) is 15.6 Å². The van der Waals surface area contributed by atoms with Gasteiger partial charge in [0.15, 0.2) is 5.96 Å². The summed E-state index contributed by atoms with van der Waals surface area (Å²) < 4.78 is 33.4. The lowest BCUT2D eigenvalue weighted by Crippen LogP contribution is -2.39. The topological polar surface area (TPSA) is 119 Å². The molecule has 0 saturated carbocycles. The molecule has 1 aromatic carbocycles. The van der Waals surface area contributed by atoms with Crippen molar-refractivity contribution in [3.63, 3.8) is 0 Å². The molecule has 2 rings (SSSR count). The van der Waals surface area contributed by atoms with Crippen LogP contribution in [0.3, 0.4) is 0 Å². The van der Waals surface area contributed by atoms with Gasteiger partial charge in [-0.2, -0.15) is 0 Å². The van der Waals surface area contributed by atoms with Crippen LogP contribution in [0.25, 0.3) is 0 Å². The Morgan fingerprint density at radius 1 is 1.13 bits per heavy atom. The summed E-state index contributed by atoms with van der Waals surface area (Å²) >= 11 is 0. The fourth-order valence-electron chi connectivity index (χ4n) is 2.57. The van der Waals surface area contributed by atoms with Gasteiger partial charge in [0.2, 0.25) is 10.0 Å². The number of nitrogens with one attached hydrogen (secondary N) is 2. The van der Waals surface area contributed by atoms with E-state index in [9.17, 15) is 8.42 Å². The predicted octanol–water partition coefficient (Wildman–Crippen LogP) is 2.64. The highest BCUT2D eigenvalue weighted by Gasteiger charge is 2.07. The molecule has 0 atom stereocenters. The van der Waals surface area contributed by atoms with E-state index in [4.69, 9.17) is 14.3 Å². The van der Waals surface area contributed by atoms with Gasteiger partial charge in [0.25, 0.3) is 0 Å². The fraction of sp³-hybridized carbons (Fsp3) is 0.450. The van der Waals surface area contributed by atoms with Crippen molar-refractivity contribution in [1.29, 1.82) is 0 Å². The molecule has 0 radical (unpaired) electrons. The van der Waals surface area contributed by atoms with Crippen LogP contribution < -0.4 is 15.8 Å². The molecule has 0 aliphatic carbocycles. The van der Waals surface area contributed by atoms with Crippen LogP contribution in [0.5, 0.6) is 0 Å². The minimum absolute atomic E-state index is 0. The molecule has 0 aliphatic rings. The first-order valence-corrected chi connectivity index (χ1v) is 11.3. The molecule has 2 aromatic rings. The third-order valence-corrected chi connectivity index (χ3v) is 5.06. The van der Waals surface area contributed by atoms with Gasteiger partial charge in [-0.05, 0) is 49.6 Å². The summed E-state index contributed by atoms with van der Waals surface area (Å²) in [4.78, 5) is 4.68. The number of ether oxygens (including phenoxy) is 1. The molecule has 0 saturated heterocycles. The van der Waals surface area contributed by atoms with E-state index in [1.807, 2.05) is 19.1 Å². The van der Waals surface area contributed by atoms with Crippen LogP contribution in [-0.4, -0.2) is 40.7 Å². The molecular weight excluding hydrogens is 519 g/mol. The minimum atomic E-state index is -3.69. The average Bonchev–Trinajstić information content (AvgIpc) is 3.21. The number of nitrogens with zero attached hydrogens (tertiary/aromatic N) is 1. The lowest BCUT2D eigenvalue weighted by Gasteiger charge is -2.12. The highest BCUT2D eigenvalue weighted by molar-refractivity contribution is 14.0. The molecule has 0 fully saturated rings. The molecule has 0 bridgehead atoms. The molecule has 168 valence electrons. The lowest BCUT2D eigenvalue weighted by atomic mass is 10.2. The lowest BCUT2D eigenvalue weighted by molar-refractivity contribution is 0.143. The number of furan rings is 1. The maximum absolute atomic E-state index is 11.4. The molecule has 0 unspecified atom stereocenters. The fourth-order valence-corrected chi connectivity index (χ4v) is 3.08. The summed E-state index contributed by atoms with van der Waals surface area (Å²) in [5, 5.41) is 11.7. The third kappa shape index (κ3) is 10.4. The molecule has 4 N–H and O–H groups in total. The second-order valence-corrected chi connectivity index (χ2v) is 8.00. The second-order valence-electron chi connectivity index (χ2n) is 6.44. The summed E-state index contributed by atoms with van der Waals surface area (Å²) in [5.41, 5.74) is 0.890. The van der Waals surface area contributed by atoms with Crippen LogP contribution in [0.1, 0.15) is 31.1 Å². The van der Waals surface area contributed by atoms with Crippen molar-refractivity contribution < 1.29 is 17.6 Å². The predicted molar refractivity (Wildman–Crippen MR) is 129 cm³/mol. The van der Waals surface area contributed by atoms with E-state index in [-0.39, 0.29) is 28.9 Å². The number of guanidine groups is 1. The standard InChI is InChI=1S/C20H30N4O4S.HI/c1-2-27-14-4-3-12-22-20(23-13-11-18-6-5-15-28-18)24-16-17-7-9-19(10-8-17)29(21,25)26;/h5-10,15H,2-4,11-14,16H2,1H3,(H2,21,25,26)(H2,22,23,24);1H. The van der Waals surface area contributed by atoms with E-state index in [0.29, 0.717) is 19.0 Å². The van der Waals surface area contributed by atoms with Gasteiger partial charge in [-0.3, -0.25) is 0 Å². The number of benzene rings is 1. The summed E-state index contributed by atoms with van der Waals surface area (Å²) in [5.74, 6) is 1.61. The molecule has 1 aromatic heterocycles. The average molecular weight is 550 g/mol. The highest BCUT2D eigenvalue weighted by Crippen LogP contribution is 2.09. The number of hydrogen-bond acceptors (Lipinski definition) is 5. The molecule has 1 heterocycles. The number of primary sulfonamides is 1. The Bertz CT molecular complexity index is 840. The van der Waals surface area contributed by atoms with Gasteiger partial charge in [-0.15, -0.1) is 24.0 Å². The van der Waals surface area contributed by atoms with Crippen molar-refractivity contribution in [2.24, 2.45) is 10.1 Å². The molecule has 8 nitrogen and oxygen atoms in total. The molecule has 30 heavy (non-hydrogen) atoms. The van der Waals surface area contributed by atoms with Crippen LogP contribution in [0.4, 0.5) is 0 Å². The Hall–Kier alpha value is -1.63. The van der Waals surface area contributed by atoms with Crippen LogP contribution in [0, 0.1) is 0 Å². The van der Waals surface area contributed by atoms with E-state index in [1.54, 1.807) is 18.4 Å². The number of rotatable bonds is 12. The zero-order valence-electron chi connectivity index (χ0n) is 17.2. The van der Waals surface area contributed by atoms with E-state index >= 15 is 0 Å². The summed E-state index contributed by atoms with van der Waals surface area (Å²) in [6.07, 6.45) is 4.37. The van der Waals surface area contributed by atoms with Gasteiger partial charge in [0.1, 0.15) is 5.76 Å². The second kappa shape index (κ2) is 14.4. The van der Waals surface area contributed by atoms with E-state index in [0.717, 1.165) is 50.3 Å². The maximum atomic E-state index is 11.4. The van der Waals surface area contributed by atoms with Gasteiger partial charge < -0.3 is 19.8 Å². The van der Waals surface area contributed by atoms with Gasteiger partial charge >= 0.3 is 0 Å². The Labute approximate surface area is 195 Å². The van der Waals surface area contributed by atoms with Crippen molar-refractivity contribution in [1.82, 2.24) is 10.6 Å².